The SMILES string of the molecule is CCc1cc2c(cc1OCC(F)(F)CC)C1(N=C(N)N(C)O1)C1(CCCCC1)C2. The normalized spacial score (nSPS) is 25.6. The van der Waals surface area contributed by atoms with Crippen molar-refractivity contribution in [2.75, 3.05) is 13.7 Å². The molecule has 2 spiro atoms. The highest BCUT2D eigenvalue weighted by molar-refractivity contribution is 5.79. The summed E-state index contributed by atoms with van der Waals surface area (Å²) in [6.45, 7) is 2.86. The van der Waals surface area contributed by atoms with E-state index in [4.69, 9.17) is 20.3 Å². The second kappa shape index (κ2) is 7.11. The number of hydrogen-bond acceptors (Lipinski definition) is 5. The molecular formula is C22H31F2N3O2. The molecule has 1 saturated carbocycles. The number of guanidine groups is 1. The molecule has 1 fully saturated rings. The van der Waals surface area contributed by atoms with Crippen LogP contribution in [0.2, 0.25) is 0 Å². The number of halogens is 2. The smallest absolute Gasteiger partial charge is 0.281 e. The highest BCUT2D eigenvalue weighted by Crippen LogP contribution is 2.62. The molecule has 5 nitrogen and oxygen atoms in total. The fraction of sp³-hybridized carbons (Fsp3) is 0.682. The van der Waals surface area contributed by atoms with E-state index < -0.39 is 18.3 Å². The highest BCUT2D eigenvalue weighted by atomic mass is 19.3. The molecule has 3 aliphatic rings. The standard InChI is InChI=1S/C22H31F2N3O2/c1-4-15-11-16-13-20(9-7-6-8-10-20)22(26-19(25)27(3)29-22)17(16)12-18(15)28-14-21(23,24)5-2/h11-12H,4-10,13-14H2,1-3H3,(H2,25,26). The van der Waals surface area contributed by atoms with Crippen molar-refractivity contribution >= 4 is 5.96 Å². The Morgan fingerprint density at radius 3 is 2.55 bits per heavy atom. The van der Waals surface area contributed by atoms with Gasteiger partial charge in [0, 0.05) is 24.4 Å². The quantitative estimate of drug-likeness (QED) is 0.779. The van der Waals surface area contributed by atoms with E-state index in [1.165, 1.54) is 24.0 Å². The van der Waals surface area contributed by atoms with E-state index in [0.717, 1.165) is 43.2 Å². The van der Waals surface area contributed by atoms with E-state index >= 15 is 0 Å². The van der Waals surface area contributed by atoms with Crippen molar-refractivity contribution in [2.24, 2.45) is 16.1 Å². The largest absolute Gasteiger partial charge is 0.487 e. The zero-order chi connectivity index (χ0) is 20.9. The zero-order valence-electron chi connectivity index (χ0n) is 17.6. The predicted molar refractivity (Wildman–Crippen MR) is 108 cm³/mol. The molecule has 160 valence electrons. The molecule has 0 aromatic heterocycles. The van der Waals surface area contributed by atoms with E-state index in [2.05, 4.69) is 6.07 Å². The average Bonchev–Trinajstić information content (AvgIpc) is 3.14. The Balaban J connectivity index is 1.79. The minimum atomic E-state index is -2.85. The first-order valence-corrected chi connectivity index (χ1v) is 10.7. The van der Waals surface area contributed by atoms with Gasteiger partial charge in [-0.3, -0.25) is 0 Å². The minimum absolute atomic E-state index is 0.153. The zero-order valence-corrected chi connectivity index (χ0v) is 17.6. The van der Waals surface area contributed by atoms with Crippen LogP contribution in [0.3, 0.4) is 0 Å². The maximum atomic E-state index is 13.8. The summed E-state index contributed by atoms with van der Waals surface area (Å²) in [6, 6.07) is 3.99. The van der Waals surface area contributed by atoms with E-state index in [-0.39, 0.29) is 11.8 Å². The van der Waals surface area contributed by atoms with Crippen LogP contribution >= 0.6 is 0 Å². The van der Waals surface area contributed by atoms with Crippen LogP contribution in [0.5, 0.6) is 5.75 Å². The van der Waals surface area contributed by atoms with Gasteiger partial charge >= 0.3 is 0 Å². The number of nitrogens with zero attached hydrogens (tertiary/aromatic N) is 2. The Morgan fingerprint density at radius 2 is 1.97 bits per heavy atom. The molecule has 0 amide bonds. The molecule has 4 rings (SSSR count). The third-order valence-electron chi connectivity index (χ3n) is 6.91. The average molecular weight is 408 g/mol. The molecule has 1 aliphatic heterocycles. The molecule has 1 heterocycles. The number of hydrogen-bond donors (Lipinski definition) is 1. The predicted octanol–water partition coefficient (Wildman–Crippen LogP) is 4.52. The van der Waals surface area contributed by atoms with Crippen LogP contribution in [-0.2, 0) is 23.4 Å². The van der Waals surface area contributed by atoms with E-state index in [1.807, 2.05) is 13.0 Å². The summed E-state index contributed by atoms with van der Waals surface area (Å²) in [5.41, 5.74) is 8.12. The number of rotatable bonds is 5. The van der Waals surface area contributed by atoms with Crippen molar-refractivity contribution in [3.05, 3.63) is 28.8 Å². The first-order valence-electron chi connectivity index (χ1n) is 10.7. The molecule has 0 saturated heterocycles. The van der Waals surface area contributed by atoms with E-state index in [1.54, 1.807) is 7.05 Å². The minimum Gasteiger partial charge on any atom is -0.487 e. The van der Waals surface area contributed by atoms with Gasteiger partial charge in [0.05, 0.1) is 0 Å². The van der Waals surface area contributed by atoms with Gasteiger partial charge in [-0.1, -0.05) is 39.2 Å². The molecule has 0 bridgehead atoms. The number of fused-ring (bicyclic) bond motifs is 3. The lowest BCUT2D eigenvalue weighted by atomic mass is 9.67. The van der Waals surface area contributed by atoms with Crippen molar-refractivity contribution in [1.29, 1.82) is 0 Å². The summed E-state index contributed by atoms with van der Waals surface area (Å²) >= 11 is 0. The number of ether oxygens (including phenoxy) is 1. The summed E-state index contributed by atoms with van der Waals surface area (Å²) in [4.78, 5) is 11.2. The van der Waals surface area contributed by atoms with Crippen LogP contribution in [-0.4, -0.2) is 30.6 Å². The Bertz CT molecular complexity index is 821. The summed E-state index contributed by atoms with van der Waals surface area (Å²) < 4.78 is 33.3. The molecular weight excluding hydrogens is 376 g/mol. The lowest BCUT2D eigenvalue weighted by molar-refractivity contribution is -0.228. The van der Waals surface area contributed by atoms with Crippen LogP contribution in [0, 0.1) is 5.41 Å². The fourth-order valence-corrected chi connectivity index (χ4v) is 5.17. The van der Waals surface area contributed by atoms with Gasteiger partial charge in [-0.2, -0.15) is 0 Å². The summed E-state index contributed by atoms with van der Waals surface area (Å²) in [5, 5.41) is 1.53. The number of aliphatic imine (C=N–C) groups is 1. The van der Waals surface area contributed by atoms with Gasteiger partial charge in [-0.25, -0.2) is 23.7 Å². The number of alkyl halides is 2. The molecule has 2 N–H and O–H groups in total. The van der Waals surface area contributed by atoms with Gasteiger partial charge in [-0.15, -0.1) is 0 Å². The molecule has 29 heavy (non-hydrogen) atoms. The first kappa shape index (κ1) is 20.4. The van der Waals surface area contributed by atoms with Crippen molar-refractivity contribution in [3.63, 3.8) is 0 Å². The molecule has 1 aromatic rings. The number of benzene rings is 1. The monoisotopic (exact) mass is 407 g/mol. The lowest BCUT2D eigenvalue weighted by Gasteiger charge is -2.43. The molecule has 1 atom stereocenters. The Morgan fingerprint density at radius 1 is 1.24 bits per heavy atom. The summed E-state index contributed by atoms with van der Waals surface area (Å²) in [6.07, 6.45) is 6.83. The van der Waals surface area contributed by atoms with Crippen LogP contribution in [0.25, 0.3) is 0 Å². The van der Waals surface area contributed by atoms with E-state index in [0.29, 0.717) is 18.1 Å². The number of hydroxylamine groups is 2. The van der Waals surface area contributed by atoms with Crippen LogP contribution in [0.15, 0.2) is 17.1 Å². The Labute approximate surface area is 171 Å². The third-order valence-corrected chi connectivity index (χ3v) is 6.91. The maximum absolute atomic E-state index is 13.8. The van der Waals surface area contributed by atoms with Crippen LogP contribution in [0.4, 0.5) is 8.78 Å². The number of aryl methyl sites for hydroxylation is 1. The fourth-order valence-electron chi connectivity index (χ4n) is 5.17. The van der Waals surface area contributed by atoms with Gasteiger partial charge < -0.3 is 10.5 Å². The van der Waals surface area contributed by atoms with E-state index in [9.17, 15) is 8.78 Å². The van der Waals surface area contributed by atoms with Gasteiger partial charge in [0.2, 0.25) is 11.7 Å². The number of nitrogens with two attached hydrogens (primary N) is 1. The van der Waals surface area contributed by atoms with Crippen molar-refractivity contribution in [1.82, 2.24) is 5.06 Å². The van der Waals surface area contributed by atoms with Gasteiger partial charge in [0.15, 0.2) is 6.61 Å². The van der Waals surface area contributed by atoms with Crippen molar-refractivity contribution in [2.45, 2.75) is 76.9 Å². The van der Waals surface area contributed by atoms with Gasteiger partial charge in [0.25, 0.3) is 5.92 Å². The maximum Gasteiger partial charge on any atom is 0.281 e. The van der Waals surface area contributed by atoms with Crippen LogP contribution in [0.1, 0.15) is 69.1 Å². The van der Waals surface area contributed by atoms with Crippen LogP contribution < -0.4 is 10.5 Å². The highest BCUT2D eigenvalue weighted by Gasteiger charge is 2.63. The second-order valence-electron chi connectivity index (χ2n) is 8.69. The molecule has 7 heteroatoms. The first-order chi connectivity index (χ1) is 13.8. The Hall–Kier alpha value is -1.89. The van der Waals surface area contributed by atoms with Gasteiger partial charge in [0.1, 0.15) is 5.75 Å². The summed E-state index contributed by atoms with van der Waals surface area (Å²) in [5.74, 6) is -2.00. The Kier molecular flexibility index (Phi) is 5.00. The molecule has 1 unspecified atom stereocenters. The molecule has 0 radical (unpaired) electrons. The molecule has 1 aromatic carbocycles. The van der Waals surface area contributed by atoms with Crippen molar-refractivity contribution < 1.29 is 18.4 Å². The molecule has 2 aliphatic carbocycles. The second-order valence-corrected chi connectivity index (χ2v) is 8.69. The third kappa shape index (κ3) is 3.18. The summed E-state index contributed by atoms with van der Waals surface area (Å²) in [7, 11) is 1.77. The van der Waals surface area contributed by atoms with Gasteiger partial charge in [-0.05, 0) is 42.9 Å². The lowest BCUT2D eigenvalue weighted by Crippen LogP contribution is -2.44. The topological polar surface area (TPSA) is 60.1 Å². The van der Waals surface area contributed by atoms with Crippen molar-refractivity contribution in [3.8, 4) is 5.75 Å².